The van der Waals surface area contributed by atoms with Gasteiger partial charge in [-0.1, -0.05) is 29.3 Å². The van der Waals surface area contributed by atoms with Crippen LogP contribution in [-0.4, -0.2) is 18.1 Å². The Morgan fingerprint density at radius 1 is 1.20 bits per heavy atom. The summed E-state index contributed by atoms with van der Waals surface area (Å²) in [6, 6.07) is 8.79. The molecule has 0 aliphatic rings. The largest absolute Gasteiger partial charge is 0.437 e. The molecule has 1 aromatic carbocycles. The smallest absolute Gasteiger partial charge is 0.219 e. The number of ether oxygens (including phenoxy) is 1. The molecule has 3 N–H and O–H groups in total. The highest BCUT2D eigenvalue weighted by Gasteiger charge is 2.05. The van der Waals surface area contributed by atoms with E-state index in [4.69, 9.17) is 33.7 Å². The first kappa shape index (κ1) is 15.1. The normalized spacial score (nSPS) is 10.6. The van der Waals surface area contributed by atoms with Crippen molar-refractivity contribution >= 4 is 23.2 Å². The van der Waals surface area contributed by atoms with E-state index in [0.29, 0.717) is 28.2 Å². The highest BCUT2D eigenvalue weighted by Crippen LogP contribution is 2.30. The lowest BCUT2D eigenvalue weighted by Gasteiger charge is -2.08. The molecule has 0 aliphatic heterocycles. The third-order valence-electron chi connectivity index (χ3n) is 2.56. The zero-order valence-electron chi connectivity index (χ0n) is 10.8. The molecule has 1 heterocycles. The van der Waals surface area contributed by atoms with Crippen molar-refractivity contribution in [2.45, 2.75) is 6.54 Å². The Morgan fingerprint density at radius 3 is 2.70 bits per heavy atom. The van der Waals surface area contributed by atoms with Gasteiger partial charge in [-0.05, 0) is 23.8 Å². The van der Waals surface area contributed by atoms with Crippen LogP contribution in [0.25, 0.3) is 0 Å². The molecule has 0 atom stereocenters. The highest BCUT2D eigenvalue weighted by molar-refractivity contribution is 6.35. The van der Waals surface area contributed by atoms with Gasteiger partial charge in [0.2, 0.25) is 5.88 Å². The maximum Gasteiger partial charge on any atom is 0.219 e. The lowest BCUT2D eigenvalue weighted by molar-refractivity contribution is 0.462. The van der Waals surface area contributed by atoms with E-state index in [1.807, 2.05) is 6.07 Å². The first-order valence-corrected chi connectivity index (χ1v) is 6.93. The van der Waals surface area contributed by atoms with Crippen molar-refractivity contribution in [1.82, 2.24) is 10.3 Å². The summed E-state index contributed by atoms with van der Waals surface area (Å²) in [5.41, 5.74) is 6.47. The fourth-order valence-corrected chi connectivity index (χ4v) is 2.03. The van der Waals surface area contributed by atoms with Gasteiger partial charge in [-0.2, -0.15) is 0 Å². The van der Waals surface area contributed by atoms with Crippen LogP contribution in [0.1, 0.15) is 5.56 Å². The van der Waals surface area contributed by atoms with Crippen molar-refractivity contribution in [2.75, 3.05) is 13.1 Å². The number of pyridine rings is 1. The van der Waals surface area contributed by atoms with Crippen molar-refractivity contribution in [2.24, 2.45) is 5.73 Å². The molecule has 1 aromatic heterocycles. The Labute approximate surface area is 127 Å². The average molecular weight is 312 g/mol. The molecule has 20 heavy (non-hydrogen) atoms. The summed E-state index contributed by atoms with van der Waals surface area (Å²) in [6.45, 7) is 2.12. The van der Waals surface area contributed by atoms with Gasteiger partial charge in [-0.15, -0.1) is 0 Å². The molecule has 0 aliphatic carbocycles. The van der Waals surface area contributed by atoms with Crippen LogP contribution < -0.4 is 15.8 Å². The molecule has 0 saturated carbocycles. The second kappa shape index (κ2) is 7.45. The molecule has 2 aromatic rings. The molecule has 0 radical (unpaired) electrons. The van der Waals surface area contributed by atoms with E-state index in [1.165, 1.54) is 0 Å². The van der Waals surface area contributed by atoms with Gasteiger partial charge in [-0.25, -0.2) is 4.98 Å². The topological polar surface area (TPSA) is 60.2 Å². The zero-order valence-corrected chi connectivity index (χ0v) is 12.3. The van der Waals surface area contributed by atoms with Gasteiger partial charge in [-0.3, -0.25) is 0 Å². The molecule has 2 rings (SSSR count). The standard InChI is InChI=1S/C14H15Cl2N3O/c15-11-2-3-13(12(16)7-11)20-14-4-1-10(9-19-14)8-18-6-5-17/h1-4,7,9,18H,5-6,8,17H2. The van der Waals surface area contributed by atoms with E-state index in [0.717, 1.165) is 18.7 Å². The number of hydrogen-bond acceptors (Lipinski definition) is 4. The third kappa shape index (κ3) is 4.35. The molecular formula is C14H15Cl2N3O. The number of halogens is 2. The summed E-state index contributed by atoms with van der Waals surface area (Å²) in [7, 11) is 0. The number of nitrogens with one attached hydrogen (secondary N) is 1. The number of benzene rings is 1. The van der Waals surface area contributed by atoms with Gasteiger partial charge in [0.25, 0.3) is 0 Å². The van der Waals surface area contributed by atoms with Crippen LogP contribution in [0.5, 0.6) is 11.6 Å². The van der Waals surface area contributed by atoms with Crippen molar-refractivity contribution in [3.8, 4) is 11.6 Å². The summed E-state index contributed by atoms with van der Waals surface area (Å²) < 4.78 is 5.60. The van der Waals surface area contributed by atoms with Crippen LogP contribution in [0.3, 0.4) is 0 Å². The fourth-order valence-electron chi connectivity index (χ4n) is 1.58. The molecule has 0 bridgehead atoms. The number of hydrogen-bond donors (Lipinski definition) is 2. The Bertz CT molecular complexity index is 561. The molecule has 0 amide bonds. The number of aromatic nitrogens is 1. The Balaban J connectivity index is 1.99. The summed E-state index contributed by atoms with van der Waals surface area (Å²) in [6.07, 6.45) is 1.75. The van der Waals surface area contributed by atoms with E-state index in [9.17, 15) is 0 Å². The zero-order chi connectivity index (χ0) is 14.4. The van der Waals surface area contributed by atoms with Crippen molar-refractivity contribution in [3.63, 3.8) is 0 Å². The summed E-state index contributed by atoms with van der Waals surface area (Å²) in [5, 5.41) is 4.21. The van der Waals surface area contributed by atoms with Gasteiger partial charge in [0, 0.05) is 36.9 Å². The third-order valence-corrected chi connectivity index (χ3v) is 3.09. The maximum absolute atomic E-state index is 6.04. The van der Waals surface area contributed by atoms with E-state index >= 15 is 0 Å². The SMILES string of the molecule is NCCNCc1ccc(Oc2ccc(Cl)cc2Cl)nc1. The van der Waals surface area contributed by atoms with Gasteiger partial charge < -0.3 is 15.8 Å². The van der Waals surface area contributed by atoms with Crippen molar-refractivity contribution in [3.05, 3.63) is 52.1 Å². The minimum absolute atomic E-state index is 0.452. The van der Waals surface area contributed by atoms with E-state index in [1.54, 1.807) is 30.5 Å². The van der Waals surface area contributed by atoms with Crippen LogP contribution in [0.2, 0.25) is 10.0 Å². The van der Waals surface area contributed by atoms with Crippen LogP contribution in [0, 0.1) is 0 Å². The quantitative estimate of drug-likeness (QED) is 0.804. The van der Waals surface area contributed by atoms with Gasteiger partial charge >= 0.3 is 0 Å². The maximum atomic E-state index is 6.04. The van der Waals surface area contributed by atoms with Crippen LogP contribution in [0.4, 0.5) is 0 Å². The summed E-state index contributed by atoms with van der Waals surface area (Å²) in [5.74, 6) is 1.01. The Hall–Kier alpha value is -1.33. The fraction of sp³-hybridized carbons (Fsp3) is 0.214. The molecule has 106 valence electrons. The van der Waals surface area contributed by atoms with Crippen molar-refractivity contribution in [1.29, 1.82) is 0 Å². The van der Waals surface area contributed by atoms with E-state index < -0.39 is 0 Å². The van der Waals surface area contributed by atoms with Crippen LogP contribution in [-0.2, 0) is 6.54 Å². The molecule has 4 nitrogen and oxygen atoms in total. The number of nitrogens with zero attached hydrogens (tertiary/aromatic N) is 1. The lowest BCUT2D eigenvalue weighted by atomic mass is 10.3. The second-order valence-electron chi connectivity index (χ2n) is 4.15. The minimum atomic E-state index is 0.452. The molecule has 0 spiro atoms. The minimum Gasteiger partial charge on any atom is -0.437 e. The van der Waals surface area contributed by atoms with E-state index in [2.05, 4.69) is 10.3 Å². The lowest BCUT2D eigenvalue weighted by Crippen LogP contribution is -2.21. The molecule has 0 saturated heterocycles. The summed E-state index contributed by atoms with van der Waals surface area (Å²) >= 11 is 11.9. The Kier molecular flexibility index (Phi) is 5.61. The molecule has 0 fully saturated rings. The predicted octanol–water partition coefficient (Wildman–Crippen LogP) is 3.23. The van der Waals surface area contributed by atoms with Gasteiger partial charge in [0.15, 0.2) is 0 Å². The predicted molar refractivity (Wildman–Crippen MR) is 81.5 cm³/mol. The first-order chi connectivity index (χ1) is 9.69. The number of rotatable bonds is 6. The first-order valence-electron chi connectivity index (χ1n) is 6.17. The monoisotopic (exact) mass is 311 g/mol. The average Bonchev–Trinajstić information content (AvgIpc) is 2.44. The van der Waals surface area contributed by atoms with Crippen molar-refractivity contribution < 1.29 is 4.74 Å². The Morgan fingerprint density at radius 2 is 2.05 bits per heavy atom. The summed E-state index contributed by atoms with van der Waals surface area (Å²) in [4.78, 5) is 4.23. The molecule has 6 heteroatoms. The number of nitrogens with two attached hydrogens (primary N) is 1. The molecular weight excluding hydrogens is 297 g/mol. The highest BCUT2D eigenvalue weighted by atomic mass is 35.5. The van der Waals surface area contributed by atoms with Crippen LogP contribution in [0.15, 0.2) is 36.5 Å². The van der Waals surface area contributed by atoms with Gasteiger partial charge in [0.1, 0.15) is 5.75 Å². The second-order valence-corrected chi connectivity index (χ2v) is 4.99. The van der Waals surface area contributed by atoms with Gasteiger partial charge in [0.05, 0.1) is 5.02 Å². The van der Waals surface area contributed by atoms with Crippen LogP contribution >= 0.6 is 23.2 Å². The molecule has 0 unspecified atom stereocenters. The van der Waals surface area contributed by atoms with E-state index in [-0.39, 0.29) is 0 Å².